The van der Waals surface area contributed by atoms with Crippen LogP contribution in [0.15, 0.2) is 17.1 Å². The van der Waals surface area contributed by atoms with Gasteiger partial charge in [0, 0.05) is 30.2 Å². The van der Waals surface area contributed by atoms with Crippen molar-refractivity contribution in [2.75, 3.05) is 13.1 Å². The van der Waals surface area contributed by atoms with E-state index < -0.39 is 6.61 Å². The molecule has 0 atom stereocenters. The first kappa shape index (κ1) is 15.1. The van der Waals surface area contributed by atoms with Gasteiger partial charge in [0.2, 0.25) is 0 Å². The summed E-state index contributed by atoms with van der Waals surface area (Å²) in [4.78, 5) is 4.22. The van der Waals surface area contributed by atoms with Crippen molar-refractivity contribution in [1.29, 1.82) is 0 Å². The van der Waals surface area contributed by atoms with Crippen LogP contribution in [0.4, 0.5) is 8.78 Å². The van der Waals surface area contributed by atoms with Crippen molar-refractivity contribution in [3.05, 3.63) is 27.7 Å². The van der Waals surface area contributed by atoms with Gasteiger partial charge in [-0.2, -0.15) is 8.78 Å². The first-order valence-electron chi connectivity index (χ1n) is 6.01. The molecule has 1 aromatic rings. The van der Waals surface area contributed by atoms with Gasteiger partial charge in [0.15, 0.2) is 5.96 Å². The van der Waals surface area contributed by atoms with E-state index in [1.807, 2.05) is 0 Å². The van der Waals surface area contributed by atoms with Gasteiger partial charge in [-0.3, -0.25) is 4.99 Å². The number of rotatable bonds is 4. The number of guanidine groups is 1. The maximum Gasteiger partial charge on any atom is 0.387 e. The minimum Gasteiger partial charge on any atom is -0.433 e. The Morgan fingerprint density at radius 2 is 2.20 bits per heavy atom. The average Bonchev–Trinajstić information content (AvgIpc) is 2.40. The summed E-state index contributed by atoms with van der Waals surface area (Å²) >= 11 is 11.8. The zero-order chi connectivity index (χ0) is 14.5. The number of benzene rings is 1. The molecule has 0 aromatic heterocycles. The van der Waals surface area contributed by atoms with E-state index in [9.17, 15) is 8.78 Å². The molecule has 20 heavy (non-hydrogen) atoms. The van der Waals surface area contributed by atoms with E-state index in [0.717, 1.165) is 19.5 Å². The smallest absolute Gasteiger partial charge is 0.387 e. The summed E-state index contributed by atoms with van der Waals surface area (Å²) in [6.45, 7) is -1.17. The normalized spacial score (nSPS) is 14.8. The zero-order valence-electron chi connectivity index (χ0n) is 10.4. The Morgan fingerprint density at radius 3 is 2.85 bits per heavy atom. The van der Waals surface area contributed by atoms with E-state index >= 15 is 0 Å². The molecule has 8 heteroatoms. The lowest BCUT2D eigenvalue weighted by atomic mass is 10.2. The van der Waals surface area contributed by atoms with Gasteiger partial charge in [-0.05, 0) is 18.6 Å². The summed E-state index contributed by atoms with van der Waals surface area (Å²) in [5, 5.41) is 6.47. The quantitative estimate of drug-likeness (QED) is 0.895. The maximum absolute atomic E-state index is 12.4. The van der Waals surface area contributed by atoms with E-state index in [-0.39, 0.29) is 17.3 Å². The fourth-order valence-corrected chi connectivity index (χ4v) is 2.38. The van der Waals surface area contributed by atoms with Gasteiger partial charge >= 0.3 is 6.61 Å². The van der Waals surface area contributed by atoms with Gasteiger partial charge in [0.25, 0.3) is 0 Å². The molecule has 1 aromatic carbocycles. The molecule has 0 saturated heterocycles. The molecule has 2 N–H and O–H groups in total. The van der Waals surface area contributed by atoms with E-state index in [1.165, 1.54) is 12.1 Å². The van der Waals surface area contributed by atoms with Crippen molar-refractivity contribution in [2.24, 2.45) is 4.99 Å². The second-order valence-electron chi connectivity index (χ2n) is 4.12. The van der Waals surface area contributed by atoms with Crippen LogP contribution in [0.1, 0.15) is 12.0 Å². The Balaban J connectivity index is 2.14. The SMILES string of the molecule is FC(F)Oc1c(Cl)cc(Cl)cc1CNC1=NCCCN1. The highest BCUT2D eigenvalue weighted by Gasteiger charge is 2.15. The Hall–Kier alpha value is -1.27. The summed E-state index contributed by atoms with van der Waals surface area (Å²) < 4.78 is 29.3. The van der Waals surface area contributed by atoms with Crippen molar-refractivity contribution in [1.82, 2.24) is 10.6 Å². The Morgan fingerprint density at radius 1 is 1.40 bits per heavy atom. The van der Waals surface area contributed by atoms with Gasteiger partial charge in [0.05, 0.1) is 5.02 Å². The number of halogens is 4. The van der Waals surface area contributed by atoms with E-state index in [1.54, 1.807) is 0 Å². The molecule has 0 unspecified atom stereocenters. The molecule has 0 amide bonds. The molecule has 0 spiro atoms. The number of alkyl halides is 2. The van der Waals surface area contributed by atoms with Crippen LogP contribution in [0, 0.1) is 0 Å². The molecule has 1 aliphatic rings. The average molecular weight is 324 g/mol. The highest BCUT2D eigenvalue weighted by Crippen LogP contribution is 2.33. The molecule has 110 valence electrons. The zero-order valence-corrected chi connectivity index (χ0v) is 11.9. The van der Waals surface area contributed by atoms with Crippen molar-refractivity contribution in [3.63, 3.8) is 0 Å². The molecule has 0 saturated carbocycles. The van der Waals surface area contributed by atoms with E-state index in [0.29, 0.717) is 16.5 Å². The van der Waals surface area contributed by atoms with Crippen LogP contribution in [-0.4, -0.2) is 25.7 Å². The molecular formula is C12H13Cl2F2N3O. The minimum atomic E-state index is -2.95. The minimum absolute atomic E-state index is 0.0492. The van der Waals surface area contributed by atoms with Crippen molar-refractivity contribution >= 4 is 29.2 Å². The van der Waals surface area contributed by atoms with Crippen LogP contribution in [-0.2, 0) is 6.54 Å². The molecule has 0 bridgehead atoms. The number of ether oxygens (including phenoxy) is 1. The number of hydrogen-bond acceptors (Lipinski definition) is 4. The third-order valence-corrected chi connectivity index (χ3v) is 3.13. The molecule has 0 fully saturated rings. The van der Waals surface area contributed by atoms with Crippen LogP contribution < -0.4 is 15.4 Å². The van der Waals surface area contributed by atoms with Gasteiger partial charge in [-0.25, -0.2) is 0 Å². The summed E-state index contributed by atoms with van der Waals surface area (Å²) in [5.41, 5.74) is 0.442. The highest BCUT2D eigenvalue weighted by atomic mass is 35.5. The van der Waals surface area contributed by atoms with E-state index in [2.05, 4.69) is 20.4 Å². The van der Waals surface area contributed by atoms with E-state index in [4.69, 9.17) is 23.2 Å². The standard InChI is InChI=1S/C12H13Cl2F2N3O/c13-8-4-7(6-19-12-17-2-1-3-18-12)10(9(14)5-8)20-11(15)16/h4-5,11H,1-3,6H2,(H2,17,18,19). The largest absolute Gasteiger partial charge is 0.433 e. The Bertz CT molecular complexity index is 512. The number of nitrogens with one attached hydrogen (secondary N) is 2. The predicted molar refractivity (Wildman–Crippen MR) is 74.9 cm³/mol. The first-order chi connectivity index (χ1) is 9.56. The highest BCUT2D eigenvalue weighted by molar-refractivity contribution is 6.35. The van der Waals surface area contributed by atoms with Crippen molar-refractivity contribution in [2.45, 2.75) is 19.6 Å². The van der Waals surface area contributed by atoms with Gasteiger partial charge in [-0.1, -0.05) is 23.2 Å². The lowest BCUT2D eigenvalue weighted by Gasteiger charge is -2.18. The molecule has 2 rings (SSSR count). The number of aliphatic imine (C=N–C) groups is 1. The Kier molecular flexibility index (Phi) is 5.25. The van der Waals surface area contributed by atoms with Gasteiger partial charge in [-0.15, -0.1) is 0 Å². The summed E-state index contributed by atoms with van der Waals surface area (Å²) in [6.07, 6.45) is 0.966. The van der Waals surface area contributed by atoms with Gasteiger partial charge < -0.3 is 15.4 Å². The topological polar surface area (TPSA) is 45.6 Å². The van der Waals surface area contributed by atoms with Crippen LogP contribution in [0.2, 0.25) is 10.0 Å². The molecule has 0 aliphatic carbocycles. The predicted octanol–water partition coefficient (Wildman–Crippen LogP) is 3.03. The Labute approximate surface area is 125 Å². The van der Waals surface area contributed by atoms with Crippen molar-refractivity contribution in [3.8, 4) is 5.75 Å². The van der Waals surface area contributed by atoms with Crippen LogP contribution in [0.25, 0.3) is 0 Å². The van der Waals surface area contributed by atoms with Crippen LogP contribution in [0.3, 0.4) is 0 Å². The fraction of sp³-hybridized carbons (Fsp3) is 0.417. The monoisotopic (exact) mass is 323 g/mol. The molecule has 1 aliphatic heterocycles. The second-order valence-corrected chi connectivity index (χ2v) is 4.96. The number of nitrogens with zero attached hydrogens (tertiary/aromatic N) is 1. The third-order valence-electron chi connectivity index (χ3n) is 2.64. The molecule has 0 radical (unpaired) electrons. The van der Waals surface area contributed by atoms with Gasteiger partial charge in [0.1, 0.15) is 5.75 Å². The van der Waals surface area contributed by atoms with Crippen molar-refractivity contribution < 1.29 is 13.5 Å². The fourth-order valence-electron chi connectivity index (χ4n) is 1.80. The summed E-state index contributed by atoms with van der Waals surface area (Å²) in [6, 6.07) is 2.89. The first-order valence-corrected chi connectivity index (χ1v) is 6.77. The lowest BCUT2D eigenvalue weighted by molar-refractivity contribution is -0.0504. The molecular weight excluding hydrogens is 311 g/mol. The summed E-state index contributed by atoms with van der Waals surface area (Å²) in [7, 11) is 0. The summed E-state index contributed by atoms with van der Waals surface area (Å²) in [5.74, 6) is 0.547. The third kappa shape index (κ3) is 4.11. The van der Waals surface area contributed by atoms with Crippen LogP contribution >= 0.6 is 23.2 Å². The molecule has 4 nitrogen and oxygen atoms in total. The number of hydrogen-bond donors (Lipinski definition) is 2. The van der Waals surface area contributed by atoms with Crippen LogP contribution in [0.5, 0.6) is 5.75 Å². The molecule has 1 heterocycles. The second kappa shape index (κ2) is 6.95. The maximum atomic E-state index is 12.4. The lowest BCUT2D eigenvalue weighted by Crippen LogP contribution is -2.40.